The summed E-state index contributed by atoms with van der Waals surface area (Å²) in [7, 11) is 0. The van der Waals surface area contributed by atoms with Gasteiger partial charge in [-0.15, -0.1) is 11.3 Å². The number of rotatable bonds is 6. The Bertz CT molecular complexity index is 758. The van der Waals surface area contributed by atoms with Crippen LogP contribution in [0, 0.1) is 6.92 Å². The molecule has 140 valence electrons. The minimum atomic E-state index is -0.680. The van der Waals surface area contributed by atoms with E-state index >= 15 is 0 Å². The molecule has 0 bridgehead atoms. The molecule has 2 aliphatic heterocycles. The lowest BCUT2D eigenvalue weighted by molar-refractivity contribution is 0.137. The predicted octanol–water partition coefficient (Wildman–Crippen LogP) is 2.57. The Labute approximate surface area is 157 Å². The number of nitrogens with one attached hydrogen (secondary N) is 1. The van der Waals surface area contributed by atoms with Gasteiger partial charge in [-0.05, 0) is 51.1 Å². The third-order valence-corrected chi connectivity index (χ3v) is 6.09. The van der Waals surface area contributed by atoms with Gasteiger partial charge in [0.2, 0.25) is 0 Å². The van der Waals surface area contributed by atoms with E-state index in [-0.39, 0.29) is 0 Å². The number of hydrogen-bond acceptors (Lipinski definition) is 7. The number of benzene rings is 1. The Morgan fingerprint density at radius 3 is 2.81 bits per heavy atom. The molecule has 2 aromatic rings. The molecule has 0 aliphatic carbocycles. The molecule has 2 N–H and O–H groups in total. The van der Waals surface area contributed by atoms with Crippen LogP contribution in [-0.2, 0) is 0 Å². The summed E-state index contributed by atoms with van der Waals surface area (Å²) < 4.78 is 11.2. The van der Waals surface area contributed by atoms with Crippen molar-refractivity contribution in [2.24, 2.45) is 0 Å². The monoisotopic (exact) mass is 375 g/mol. The molecular formula is C19H25N3O3S. The molecule has 1 fully saturated rings. The minimum absolute atomic E-state index is 0.568. The molecule has 26 heavy (non-hydrogen) atoms. The molecule has 0 amide bonds. The summed E-state index contributed by atoms with van der Waals surface area (Å²) in [5.41, 5.74) is 1.85. The summed E-state index contributed by atoms with van der Waals surface area (Å²) in [5, 5.41) is 14.6. The first-order chi connectivity index (χ1) is 12.7. The highest BCUT2D eigenvalue weighted by Gasteiger charge is 2.19. The third-order valence-electron chi connectivity index (χ3n) is 4.83. The highest BCUT2D eigenvalue weighted by molar-refractivity contribution is 7.15. The Morgan fingerprint density at radius 2 is 2.00 bits per heavy atom. The number of aryl methyl sites for hydroxylation is 1. The van der Waals surface area contributed by atoms with Gasteiger partial charge in [0.1, 0.15) is 24.4 Å². The number of hydrogen-bond donors (Lipinski definition) is 2. The first-order valence-electron chi connectivity index (χ1n) is 9.22. The van der Waals surface area contributed by atoms with E-state index in [0.29, 0.717) is 13.2 Å². The van der Waals surface area contributed by atoms with Crippen molar-refractivity contribution >= 4 is 11.3 Å². The van der Waals surface area contributed by atoms with Crippen LogP contribution in [0.4, 0.5) is 0 Å². The molecule has 4 rings (SSSR count). The number of aliphatic hydroxyl groups excluding tert-OH is 1. The second-order valence-electron chi connectivity index (χ2n) is 6.73. The molecule has 3 heterocycles. The van der Waals surface area contributed by atoms with E-state index in [1.165, 1.54) is 37.3 Å². The fourth-order valence-corrected chi connectivity index (χ4v) is 4.44. The van der Waals surface area contributed by atoms with E-state index in [4.69, 9.17) is 9.47 Å². The summed E-state index contributed by atoms with van der Waals surface area (Å²) >= 11 is 1.52. The maximum Gasteiger partial charge on any atom is 0.162 e. The van der Waals surface area contributed by atoms with E-state index in [1.54, 1.807) is 0 Å². The zero-order valence-electron chi connectivity index (χ0n) is 15.0. The normalized spacial score (nSPS) is 18.2. The van der Waals surface area contributed by atoms with Crippen LogP contribution < -0.4 is 14.8 Å². The lowest BCUT2D eigenvalue weighted by Crippen LogP contribution is -2.32. The quantitative estimate of drug-likeness (QED) is 0.757. The van der Waals surface area contributed by atoms with Crippen molar-refractivity contribution in [1.82, 2.24) is 15.2 Å². The second-order valence-corrected chi connectivity index (χ2v) is 7.76. The summed E-state index contributed by atoms with van der Waals surface area (Å²) in [5.74, 6) is 1.53. The SMILES string of the molecule is Cc1nc(-c2ccc3c(c2)OCCO3)sc1C(O)NCCN1CCCC1. The number of aromatic nitrogens is 1. The van der Waals surface area contributed by atoms with Crippen LogP contribution >= 0.6 is 11.3 Å². The number of fused-ring (bicyclic) bond motifs is 1. The Hall–Kier alpha value is -1.67. The van der Waals surface area contributed by atoms with Crippen LogP contribution in [0.3, 0.4) is 0 Å². The molecule has 1 unspecified atom stereocenters. The molecule has 0 saturated carbocycles. The van der Waals surface area contributed by atoms with Gasteiger partial charge < -0.3 is 19.5 Å². The van der Waals surface area contributed by atoms with Gasteiger partial charge in [-0.25, -0.2) is 4.98 Å². The van der Waals surface area contributed by atoms with Crippen LogP contribution in [0.5, 0.6) is 11.5 Å². The molecule has 7 heteroatoms. The lowest BCUT2D eigenvalue weighted by Gasteiger charge is -2.18. The summed E-state index contributed by atoms with van der Waals surface area (Å²) in [6, 6.07) is 5.87. The Kier molecular flexibility index (Phi) is 5.40. The molecule has 1 saturated heterocycles. The van der Waals surface area contributed by atoms with Crippen molar-refractivity contribution in [1.29, 1.82) is 0 Å². The zero-order valence-corrected chi connectivity index (χ0v) is 15.8. The van der Waals surface area contributed by atoms with Crippen molar-refractivity contribution < 1.29 is 14.6 Å². The van der Waals surface area contributed by atoms with Gasteiger partial charge in [-0.1, -0.05) is 0 Å². The van der Waals surface area contributed by atoms with Gasteiger partial charge in [0.15, 0.2) is 11.5 Å². The average Bonchev–Trinajstić information content (AvgIpc) is 3.31. The lowest BCUT2D eigenvalue weighted by atomic mass is 10.2. The van der Waals surface area contributed by atoms with Crippen LogP contribution in [0.1, 0.15) is 29.6 Å². The topological polar surface area (TPSA) is 66.8 Å². The van der Waals surface area contributed by atoms with Gasteiger partial charge in [-0.2, -0.15) is 0 Å². The summed E-state index contributed by atoms with van der Waals surface area (Å²) in [4.78, 5) is 7.95. The highest BCUT2D eigenvalue weighted by atomic mass is 32.1. The summed E-state index contributed by atoms with van der Waals surface area (Å²) in [6.07, 6.45) is 1.89. The number of nitrogens with zero attached hydrogens (tertiary/aromatic N) is 2. The first kappa shape index (κ1) is 17.7. The van der Waals surface area contributed by atoms with Crippen LogP contribution in [0.2, 0.25) is 0 Å². The first-order valence-corrected chi connectivity index (χ1v) is 10.0. The predicted molar refractivity (Wildman–Crippen MR) is 102 cm³/mol. The number of aliphatic hydroxyl groups is 1. The molecule has 0 spiro atoms. The van der Waals surface area contributed by atoms with Crippen molar-refractivity contribution in [2.45, 2.75) is 26.0 Å². The smallest absolute Gasteiger partial charge is 0.162 e. The van der Waals surface area contributed by atoms with Crippen LogP contribution in [0.15, 0.2) is 18.2 Å². The Balaban J connectivity index is 1.43. The Morgan fingerprint density at radius 1 is 1.23 bits per heavy atom. The van der Waals surface area contributed by atoms with Gasteiger partial charge in [-0.3, -0.25) is 5.32 Å². The van der Waals surface area contributed by atoms with Crippen molar-refractivity contribution in [2.75, 3.05) is 39.4 Å². The van der Waals surface area contributed by atoms with Crippen LogP contribution in [0.25, 0.3) is 10.6 Å². The molecule has 2 aliphatic rings. The van der Waals surface area contributed by atoms with E-state index in [1.807, 2.05) is 25.1 Å². The largest absolute Gasteiger partial charge is 0.486 e. The highest BCUT2D eigenvalue weighted by Crippen LogP contribution is 2.37. The average molecular weight is 375 g/mol. The minimum Gasteiger partial charge on any atom is -0.486 e. The molecule has 1 atom stereocenters. The zero-order chi connectivity index (χ0) is 17.9. The number of ether oxygens (including phenoxy) is 2. The van der Waals surface area contributed by atoms with E-state index in [0.717, 1.165) is 45.7 Å². The molecule has 1 aromatic carbocycles. The molecule has 0 radical (unpaired) electrons. The molecular weight excluding hydrogens is 350 g/mol. The fourth-order valence-electron chi connectivity index (χ4n) is 3.42. The van der Waals surface area contributed by atoms with Crippen molar-refractivity contribution in [3.05, 3.63) is 28.8 Å². The molecule has 1 aromatic heterocycles. The maximum absolute atomic E-state index is 10.5. The standard InChI is InChI=1S/C19H25N3O3S/c1-13-17(18(23)20-6-9-22-7-2-3-8-22)26-19(21-13)14-4-5-15-16(12-14)25-11-10-24-15/h4-5,12,18,20,23H,2-3,6-11H2,1H3. The van der Waals surface area contributed by atoms with Crippen LogP contribution in [-0.4, -0.2) is 54.4 Å². The van der Waals surface area contributed by atoms with Gasteiger partial charge in [0, 0.05) is 18.7 Å². The maximum atomic E-state index is 10.5. The van der Waals surface area contributed by atoms with Crippen molar-refractivity contribution in [3.63, 3.8) is 0 Å². The second kappa shape index (κ2) is 7.92. The van der Waals surface area contributed by atoms with E-state index in [9.17, 15) is 5.11 Å². The van der Waals surface area contributed by atoms with E-state index < -0.39 is 6.23 Å². The molecule has 6 nitrogen and oxygen atoms in total. The third kappa shape index (κ3) is 3.86. The van der Waals surface area contributed by atoms with Gasteiger partial charge in [0.05, 0.1) is 10.6 Å². The number of thiazole rings is 1. The van der Waals surface area contributed by atoms with Gasteiger partial charge in [0.25, 0.3) is 0 Å². The van der Waals surface area contributed by atoms with Gasteiger partial charge >= 0.3 is 0 Å². The fraction of sp³-hybridized carbons (Fsp3) is 0.526. The summed E-state index contributed by atoms with van der Waals surface area (Å²) in [6.45, 7) is 7.19. The number of likely N-dealkylation sites (tertiary alicyclic amines) is 1. The van der Waals surface area contributed by atoms with Crippen molar-refractivity contribution in [3.8, 4) is 22.1 Å². The van der Waals surface area contributed by atoms with E-state index in [2.05, 4.69) is 15.2 Å².